The molecule has 2 atom stereocenters. The van der Waals surface area contributed by atoms with Crippen LogP contribution in [-0.2, 0) is 4.79 Å². The van der Waals surface area contributed by atoms with Gasteiger partial charge >= 0.3 is 0 Å². The molecule has 0 aliphatic heterocycles. The molecule has 0 heterocycles. The zero-order valence-electron chi connectivity index (χ0n) is 12.8. The maximum atomic E-state index is 10.9. The van der Waals surface area contributed by atoms with E-state index in [1.807, 2.05) is 6.92 Å². The van der Waals surface area contributed by atoms with Crippen molar-refractivity contribution in [1.82, 2.24) is 0 Å². The molecule has 1 heteroatoms. The second kappa shape index (κ2) is 10.1. The van der Waals surface area contributed by atoms with E-state index in [1.165, 1.54) is 25.7 Å². The first-order valence-electron chi connectivity index (χ1n) is 7.31. The predicted octanol–water partition coefficient (Wildman–Crippen LogP) is 5.32. The van der Waals surface area contributed by atoms with Gasteiger partial charge in [0.25, 0.3) is 0 Å². The van der Waals surface area contributed by atoms with Crippen LogP contribution in [0.25, 0.3) is 0 Å². The molecule has 0 radical (unpaired) electrons. The molecule has 0 rings (SSSR count). The van der Waals surface area contributed by atoms with E-state index in [0.717, 1.165) is 23.8 Å². The third-order valence-corrected chi connectivity index (χ3v) is 3.44. The van der Waals surface area contributed by atoms with Gasteiger partial charge in [0.1, 0.15) is 0 Å². The van der Waals surface area contributed by atoms with Crippen molar-refractivity contribution in [3.05, 3.63) is 23.8 Å². The van der Waals surface area contributed by atoms with Gasteiger partial charge < -0.3 is 0 Å². The van der Waals surface area contributed by atoms with Gasteiger partial charge in [-0.25, -0.2) is 0 Å². The summed E-state index contributed by atoms with van der Waals surface area (Å²) in [6.45, 7) is 10.5. The first kappa shape index (κ1) is 17.2. The van der Waals surface area contributed by atoms with E-state index in [-0.39, 0.29) is 5.78 Å². The Kier molecular flexibility index (Phi) is 9.63. The number of rotatable bonds is 9. The van der Waals surface area contributed by atoms with Gasteiger partial charge in [0.2, 0.25) is 0 Å². The first-order chi connectivity index (χ1) is 8.45. The Labute approximate surface area is 113 Å². The summed E-state index contributed by atoms with van der Waals surface area (Å²) in [5.41, 5.74) is 1.05. The van der Waals surface area contributed by atoms with E-state index in [1.54, 1.807) is 13.0 Å². The second-order valence-electron chi connectivity index (χ2n) is 5.69. The van der Waals surface area contributed by atoms with E-state index in [0.29, 0.717) is 0 Å². The van der Waals surface area contributed by atoms with Gasteiger partial charge in [0.05, 0.1) is 0 Å². The van der Waals surface area contributed by atoms with Gasteiger partial charge in [-0.1, -0.05) is 58.6 Å². The molecular weight excluding hydrogens is 220 g/mol. The average molecular weight is 250 g/mol. The van der Waals surface area contributed by atoms with Gasteiger partial charge in [-0.3, -0.25) is 4.79 Å². The lowest BCUT2D eigenvalue weighted by molar-refractivity contribution is -0.112. The van der Waals surface area contributed by atoms with Crippen molar-refractivity contribution < 1.29 is 4.79 Å². The zero-order valence-corrected chi connectivity index (χ0v) is 12.8. The number of ketones is 1. The lowest BCUT2D eigenvalue weighted by Crippen LogP contribution is -1.97. The monoisotopic (exact) mass is 250 g/mol. The molecule has 0 aliphatic carbocycles. The minimum atomic E-state index is 0.124. The number of allylic oxidation sites excluding steroid dienone is 4. The van der Waals surface area contributed by atoms with Gasteiger partial charge in [0, 0.05) is 0 Å². The summed E-state index contributed by atoms with van der Waals surface area (Å²) in [4.78, 5) is 10.9. The average Bonchev–Trinajstić information content (AvgIpc) is 2.27. The van der Waals surface area contributed by atoms with E-state index in [2.05, 4.69) is 32.9 Å². The molecule has 0 aromatic heterocycles. The molecule has 0 spiro atoms. The van der Waals surface area contributed by atoms with Gasteiger partial charge in [-0.2, -0.15) is 0 Å². The Morgan fingerprint density at radius 1 is 1.11 bits per heavy atom. The summed E-state index contributed by atoms with van der Waals surface area (Å²) >= 11 is 0. The molecule has 0 saturated carbocycles. The third kappa shape index (κ3) is 10.3. The van der Waals surface area contributed by atoms with Crippen molar-refractivity contribution in [2.75, 3.05) is 0 Å². The van der Waals surface area contributed by atoms with Crippen LogP contribution < -0.4 is 0 Å². The van der Waals surface area contributed by atoms with Crippen molar-refractivity contribution >= 4 is 5.78 Å². The highest BCUT2D eigenvalue weighted by Gasteiger charge is 2.02. The highest BCUT2D eigenvalue weighted by Crippen LogP contribution is 2.17. The van der Waals surface area contributed by atoms with Crippen molar-refractivity contribution in [3.63, 3.8) is 0 Å². The van der Waals surface area contributed by atoms with Crippen LogP contribution in [0.15, 0.2) is 23.8 Å². The Morgan fingerprint density at radius 2 is 1.72 bits per heavy atom. The van der Waals surface area contributed by atoms with Crippen molar-refractivity contribution in [2.45, 2.75) is 66.7 Å². The van der Waals surface area contributed by atoms with Gasteiger partial charge in [-0.05, 0) is 43.8 Å². The van der Waals surface area contributed by atoms with E-state index < -0.39 is 0 Å². The van der Waals surface area contributed by atoms with Crippen LogP contribution in [0.5, 0.6) is 0 Å². The summed E-state index contributed by atoms with van der Waals surface area (Å²) in [6.07, 6.45) is 12.4. The Balaban J connectivity index is 3.79. The van der Waals surface area contributed by atoms with Crippen molar-refractivity contribution in [3.8, 4) is 0 Å². The van der Waals surface area contributed by atoms with Crippen LogP contribution in [0.1, 0.15) is 66.7 Å². The van der Waals surface area contributed by atoms with Crippen LogP contribution in [-0.4, -0.2) is 5.78 Å². The topological polar surface area (TPSA) is 17.1 Å². The molecule has 18 heavy (non-hydrogen) atoms. The number of hydrogen-bond donors (Lipinski definition) is 0. The molecule has 104 valence electrons. The predicted molar refractivity (Wildman–Crippen MR) is 80.7 cm³/mol. The number of carbonyl (C=O) groups is 1. The van der Waals surface area contributed by atoms with Crippen LogP contribution in [0, 0.1) is 11.8 Å². The second-order valence-corrected chi connectivity index (χ2v) is 5.69. The zero-order chi connectivity index (χ0) is 14.0. The number of carbonyl (C=O) groups excluding carboxylic acids is 1. The van der Waals surface area contributed by atoms with E-state index in [4.69, 9.17) is 0 Å². The SMILES string of the molecule is CCC(C)CCCC(C)C/C=C/C(C)=C/C(C)=O. The van der Waals surface area contributed by atoms with Crippen molar-refractivity contribution in [1.29, 1.82) is 0 Å². The highest BCUT2D eigenvalue weighted by molar-refractivity contribution is 5.88. The van der Waals surface area contributed by atoms with Crippen LogP contribution in [0.4, 0.5) is 0 Å². The lowest BCUT2D eigenvalue weighted by Gasteiger charge is -2.11. The highest BCUT2D eigenvalue weighted by atomic mass is 16.1. The van der Waals surface area contributed by atoms with E-state index >= 15 is 0 Å². The Morgan fingerprint density at radius 3 is 2.28 bits per heavy atom. The molecule has 0 N–H and O–H groups in total. The fraction of sp³-hybridized carbons (Fsp3) is 0.706. The smallest absolute Gasteiger partial charge is 0.152 e. The summed E-state index contributed by atoms with van der Waals surface area (Å²) in [5, 5.41) is 0. The maximum absolute atomic E-state index is 10.9. The molecule has 0 bridgehead atoms. The molecule has 0 saturated heterocycles. The molecule has 2 unspecified atom stereocenters. The van der Waals surface area contributed by atoms with Crippen LogP contribution in [0.2, 0.25) is 0 Å². The Bertz CT molecular complexity index is 286. The summed E-state index contributed by atoms with van der Waals surface area (Å²) < 4.78 is 0. The first-order valence-corrected chi connectivity index (χ1v) is 7.31. The molecule has 1 nitrogen and oxygen atoms in total. The molecule has 0 aromatic carbocycles. The normalized spacial score (nSPS) is 15.9. The fourth-order valence-electron chi connectivity index (χ4n) is 1.99. The summed E-state index contributed by atoms with van der Waals surface area (Å²) in [5.74, 6) is 1.74. The van der Waals surface area contributed by atoms with Crippen LogP contribution >= 0.6 is 0 Å². The minimum absolute atomic E-state index is 0.124. The quantitative estimate of drug-likeness (QED) is 0.400. The summed E-state index contributed by atoms with van der Waals surface area (Å²) in [7, 11) is 0. The summed E-state index contributed by atoms with van der Waals surface area (Å²) in [6, 6.07) is 0. The largest absolute Gasteiger partial charge is 0.295 e. The van der Waals surface area contributed by atoms with Crippen molar-refractivity contribution in [2.24, 2.45) is 11.8 Å². The third-order valence-electron chi connectivity index (χ3n) is 3.44. The fourth-order valence-corrected chi connectivity index (χ4v) is 1.99. The Hall–Kier alpha value is -0.850. The van der Waals surface area contributed by atoms with Crippen LogP contribution in [0.3, 0.4) is 0 Å². The van der Waals surface area contributed by atoms with Gasteiger partial charge in [-0.15, -0.1) is 0 Å². The minimum Gasteiger partial charge on any atom is -0.295 e. The molecule has 0 amide bonds. The molecule has 0 aromatic rings. The number of hydrogen-bond acceptors (Lipinski definition) is 1. The lowest BCUT2D eigenvalue weighted by atomic mass is 9.95. The molecule has 0 aliphatic rings. The molecular formula is C17H30O. The van der Waals surface area contributed by atoms with Gasteiger partial charge in [0.15, 0.2) is 5.78 Å². The van der Waals surface area contributed by atoms with E-state index in [9.17, 15) is 4.79 Å². The standard InChI is InChI=1S/C17H30O/c1-6-14(2)9-7-10-15(3)11-8-12-16(4)13-17(5)18/h8,12-15H,6-7,9-11H2,1-5H3/b12-8+,16-13+. The molecule has 0 fully saturated rings. The maximum Gasteiger partial charge on any atom is 0.152 e.